The van der Waals surface area contributed by atoms with Crippen LogP contribution in [0.25, 0.3) is 0 Å². The summed E-state index contributed by atoms with van der Waals surface area (Å²) in [5.41, 5.74) is 1.48. The quantitative estimate of drug-likeness (QED) is 0.437. The number of carbonyl (C=O) groups excluding carboxylic acids is 1. The minimum absolute atomic E-state index is 0.0150. The molecule has 1 amide bonds. The van der Waals surface area contributed by atoms with Crippen LogP contribution in [0.3, 0.4) is 0 Å². The van der Waals surface area contributed by atoms with Crippen molar-refractivity contribution >= 4 is 5.91 Å². The maximum atomic E-state index is 12.5. The lowest BCUT2D eigenvalue weighted by Crippen LogP contribution is -2.47. The monoisotopic (exact) mass is 371 g/mol. The highest BCUT2D eigenvalue weighted by Gasteiger charge is 2.39. The van der Waals surface area contributed by atoms with Crippen LogP contribution in [0.5, 0.6) is 5.75 Å². The van der Waals surface area contributed by atoms with Crippen LogP contribution in [0.1, 0.15) is 39.7 Å². The molecule has 3 N–H and O–H groups in total. The number of rotatable bonds is 10. The second kappa shape index (κ2) is 9.20. The van der Waals surface area contributed by atoms with Gasteiger partial charge >= 0.3 is 0 Å². The summed E-state index contributed by atoms with van der Waals surface area (Å²) in [6.45, 7) is 14.6. The van der Waals surface area contributed by atoms with Gasteiger partial charge in [0, 0.05) is 35.3 Å². The Hall–Kier alpha value is -2.11. The largest absolute Gasteiger partial charge is 0.489 e. The Labute approximate surface area is 163 Å². The van der Waals surface area contributed by atoms with Crippen LogP contribution in [0.15, 0.2) is 48.6 Å². The van der Waals surface area contributed by atoms with E-state index in [9.17, 15) is 4.79 Å². The van der Waals surface area contributed by atoms with Crippen molar-refractivity contribution in [1.29, 1.82) is 0 Å². The number of carbonyl (C=O) groups is 1. The number of ether oxygens (including phenoxy) is 1. The molecule has 0 radical (unpaired) electrons. The second-order valence-corrected chi connectivity index (χ2v) is 8.02. The highest BCUT2D eigenvalue weighted by atomic mass is 16.5. The molecule has 0 aromatic heterocycles. The Balaban J connectivity index is 1.71. The summed E-state index contributed by atoms with van der Waals surface area (Å²) in [7, 11) is 0. The van der Waals surface area contributed by atoms with Crippen molar-refractivity contribution < 1.29 is 9.53 Å². The lowest BCUT2D eigenvalue weighted by atomic mass is 9.96. The van der Waals surface area contributed by atoms with Crippen LogP contribution < -0.4 is 20.7 Å². The van der Waals surface area contributed by atoms with Crippen molar-refractivity contribution in [2.75, 3.05) is 19.7 Å². The molecule has 0 atom stereocenters. The van der Waals surface area contributed by atoms with Gasteiger partial charge in [0.2, 0.25) is 5.91 Å². The van der Waals surface area contributed by atoms with Crippen molar-refractivity contribution in [2.24, 2.45) is 0 Å². The third kappa shape index (κ3) is 6.22. The van der Waals surface area contributed by atoms with Gasteiger partial charge in [0.25, 0.3) is 0 Å². The minimum atomic E-state index is -0.305. The van der Waals surface area contributed by atoms with Gasteiger partial charge in [0.1, 0.15) is 12.4 Å². The predicted molar refractivity (Wildman–Crippen MR) is 111 cm³/mol. The standard InChI is InChI=1S/C22H33N3O2/c1-6-14-27-19-11-8-7-10-17(19)16-23-12-9-13-24-20(26)18-15-21(2,3)25-22(18,4)5/h6-8,10-11,15,23,25H,1,9,12-14,16H2,2-5H3,(H,24,26). The molecular weight excluding hydrogens is 338 g/mol. The van der Waals surface area contributed by atoms with Crippen molar-refractivity contribution in [3.63, 3.8) is 0 Å². The Morgan fingerprint density at radius 2 is 1.96 bits per heavy atom. The van der Waals surface area contributed by atoms with E-state index in [1.54, 1.807) is 6.08 Å². The van der Waals surface area contributed by atoms with Gasteiger partial charge in [0.15, 0.2) is 0 Å². The zero-order chi connectivity index (χ0) is 19.9. The second-order valence-electron chi connectivity index (χ2n) is 8.02. The highest BCUT2D eigenvalue weighted by molar-refractivity contribution is 5.96. The predicted octanol–water partition coefficient (Wildman–Crippen LogP) is 2.93. The first-order valence-corrected chi connectivity index (χ1v) is 9.58. The molecule has 0 unspecified atom stereocenters. The summed E-state index contributed by atoms with van der Waals surface area (Å²) in [5, 5.41) is 9.91. The van der Waals surface area contributed by atoms with Crippen molar-refractivity contribution in [1.82, 2.24) is 16.0 Å². The molecule has 0 saturated carbocycles. The lowest BCUT2D eigenvalue weighted by molar-refractivity contribution is -0.118. The van der Waals surface area contributed by atoms with Crippen LogP contribution in [-0.4, -0.2) is 36.7 Å². The van der Waals surface area contributed by atoms with E-state index in [2.05, 4.69) is 42.4 Å². The average Bonchev–Trinajstić information content (AvgIpc) is 2.84. The Kier molecular flexibility index (Phi) is 7.22. The van der Waals surface area contributed by atoms with Crippen LogP contribution >= 0.6 is 0 Å². The SMILES string of the molecule is C=CCOc1ccccc1CNCCCNC(=O)C1=CC(C)(C)NC1(C)C. The Bertz CT molecular complexity index is 693. The number of nitrogens with one attached hydrogen (secondary N) is 3. The van der Waals surface area contributed by atoms with Gasteiger partial charge < -0.3 is 15.4 Å². The van der Waals surface area contributed by atoms with Crippen molar-refractivity contribution in [3.05, 3.63) is 54.1 Å². The molecule has 5 nitrogen and oxygen atoms in total. The maximum absolute atomic E-state index is 12.5. The first-order chi connectivity index (χ1) is 12.7. The van der Waals surface area contributed by atoms with Gasteiger partial charge in [-0.1, -0.05) is 36.9 Å². The third-order valence-electron chi connectivity index (χ3n) is 4.52. The van der Waals surface area contributed by atoms with E-state index in [1.165, 1.54) is 0 Å². The topological polar surface area (TPSA) is 62.4 Å². The summed E-state index contributed by atoms with van der Waals surface area (Å²) in [5.74, 6) is 0.893. The molecule has 2 rings (SSSR count). The van der Waals surface area contributed by atoms with Crippen molar-refractivity contribution in [2.45, 2.75) is 51.7 Å². The molecule has 1 aromatic rings. The van der Waals surface area contributed by atoms with Gasteiger partial charge in [-0.25, -0.2) is 0 Å². The summed E-state index contributed by atoms with van der Waals surface area (Å²) < 4.78 is 5.66. The first-order valence-electron chi connectivity index (χ1n) is 9.58. The number of amides is 1. The molecule has 1 aliphatic rings. The fourth-order valence-corrected chi connectivity index (χ4v) is 3.47. The molecule has 0 saturated heterocycles. The molecule has 0 bridgehead atoms. The van der Waals surface area contributed by atoms with Crippen LogP contribution in [0, 0.1) is 0 Å². The number of hydrogen-bond acceptors (Lipinski definition) is 4. The van der Waals surface area contributed by atoms with E-state index in [0.29, 0.717) is 13.2 Å². The van der Waals surface area contributed by atoms with Gasteiger partial charge in [-0.3, -0.25) is 10.1 Å². The van der Waals surface area contributed by atoms with E-state index < -0.39 is 0 Å². The van der Waals surface area contributed by atoms with Gasteiger partial charge in [-0.15, -0.1) is 0 Å². The smallest absolute Gasteiger partial charge is 0.248 e. The molecule has 148 valence electrons. The van der Waals surface area contributed by atoms with E-state index in [0.717, 1.165) is 36.4 Å². The summed E-state index contributed by atoms with van der Waals surface area (Å²) in [6.07, 6.45) is 4.64. The molecule has 0 fully saturated rings. The van der Waals surface area contributed by atoms with E-state index in [1.807, 2.05) is 38.1 Å². The molecule has 5 heteroatoms. The van der Waals surface area contributed by atoms with Crippen LogP contribution in [-0.2, 0) is 11.3 Å². The molecule has 1 aromatic carbocycles. The molecular formula is C22H33N3O2. The number of benzene rings is 1. The summed E-state index contributed by atoms with van der Waals surface area (Å²) in [6, 6.07) is 7.99. The summed E-state index contributed by atoms with van der Waals surface area (Å²) >= 11 is 0. The molecule has 0 aliphatic carbocycles. The minimum Gasteiger partial charge on any atom is -0.489 e. The number of hydrogen-bond donors (Lipinski definition) is 3. The third-order valence-corrected chi connectivity index (χ3v) is 4.52. The molecule has 0 spiro atoms. The van der Waals surface area contributed by atoms with Gasteiger partial charge in [-0.2, -0.15) is 0 Å². The first kappa shape index (κ1) is 21.2. The van der Waals surface area contributed by atoms with Crippen LogP contribution in [0.2, 0.25) is 0 Å². The van der Waals surface area contributed by atoms with E-state index >= 15 is 0 Å². The van der Waals surface area contributed by atoms with E-state index in [-0.39, 0.29) is 17.0 Å². The number of para-hydroxylation sites is 1. The van der Waals surface area contributed by atoms with E-state index in [4.69, 9.17) is 4.74 Å². The average molecular weight is 372 g/mol. The Morgan fingerprint density at radius 1 is 1.22 bits per heavy atom. The zero-order valence-electron chi connectivity index (χ0n) is 17.0. The molecule has 1 aliphatic heterocycles. The fourth-order valence-electron chi connectivity index (χ4n) is 3.47. The fraction of sp³-hybridized carbons (Fsp3) is 0.500. The zero-order valence-corrected chi connectivity index (χ0v) is 17.0. The normalized spacial score (nSPS) is 17.3. The molecule has 27 heavy (non-hydrogen) atoms. The van der Waals surface area contributed by atoms with Gasteiger partial charge in [-0.05, 0) is 46.7 Å². The highest BCUT2D eigenvalue weighted by Crippen LogP contribution is 2.29. The van der Waals surface area contributed by atoms with Crippen LogP contribution in [0.4, 0.5) is 0 Å². The van der Waals surface area contributed by atoms with Gasteiger partial charge in [0.05, 0.1) is 0 Å². The lowest BCUT2D eigenvalue weighted by Gasteiger charge is -2.27. The molecule has 1 heterocycles. The maximum Gasteiger partial charge on any atom is 0.248 e. The summed E-state index contributed by atoms with van der Waals surface area (Å²) in [4.78, 5) is 12.5. The Morgan fingerprint density at radius 3 is 2.63 bits per heavy atom. The van der Waals surface area contributed by atoms with Crippen molar-refractivity contribution in [3.8, 4) is 5.75 Å².